The highest BCUT2D eigenvalue weighted by Gasteiger charge is 2.34. The van der Waals surface area contributed by atoms with Crippen LogP contribution in [0.3, 0.4) is 0 Å². The minimum absolute atomic E-state index is 0.107. The van der Waals surface area contributed by atoms with E-state index in [1.54, 1.807) is 43.5 Å². The van der Waals surface area contributed by atoms with Gasteiger partial charge < -0.3 is 19.7 Å². The average molecular weight is 488 g/mol. The summed E-state index contributed by atoms with van der Waals surface area (Å²) >= 11 is 0. The van der Waals surface area contributed by atoms with E-state index in [1.165, 1.54) is 6.42 Å². The molecule has 1 heterocycles. The first-order valence-electron chi connectivity index (χ1n) is 12.4. The van der Waals surface area contributed by atoms with Gasteiger partial charge in [0, 0.05) is 18.8 Å². The van der Waals surface area contributed by atoms with Crippen molar-refractivity contribution >= 4 is 11.8 Å². The third-order valence-corrected chi connectivity index (χ3v) is 6.58. The van der Waals surface area contributed by atoms with Crippen molar-refractivity contribution in [1.29, 1.82) is 0 Å². The molecule has 3 aromatic rings. The molecule has 0 spiro atoms. The fraction of sp³-hybridized carbons (Fsp3) is 0.345. The van der Waals surface area contributed by atoms with Crippen LogP contribution >= 0.6 is 0 Å². The van der Waals surface area contributed by atoms with Crippen LogP contribution in [0.4, 0.5) is 0 Å². The minimum Gasteiger partial charge on any atom is -0.497 e. The fourth-order valence-electron chi connectivity index (χ4n) is 4.67. The normalized spacial score (nSPS) is 14.5. The summed E-state index contributed by atoms with van der Waals surface area (Å²) in [5.74, 6) is 0.850. The molecule has 1 N–H and O–H groups in total. The first kappa shape index (κ1) is 25.2. The van der Waals surface area contributed by atoms with Gasteiger partial charge in [0.05, 0.1) is 14.2 Å². The van der Waals surface area contributed by atoms with Gasteiger partial charge in [-0.05, 0) is 60.4 Å². The Morgan fingerprint density at radius 3 is 2.36 bits per heavy atom. The standard InChI is InChI=1S/C29H33N3O4/c1-35-24-16-14-22(15-17-24)27(28(33)31-23-10-4-3-5-11-23)32(29(34)26-13-6-7-18-30-26)20-21-9-8-12-25(19-21)36-2/h6-9,12-19,23,27H,3-5,10-11,20H2,1-2H3,(H,31,33)/t27-/m1/s1. The Kier molecular flexibility index (Phi) is 8.55. The summed E-state index contributed by atoms with van der Waals surface area (Å²) in [6.45, 7) is 0.210. The number of ether oxygens (including phenoxy) is 2. The molecular formula is C29H33N3O4. The summed E-state index contributed by atoms with van der Waals surface area (Å²) in [5, 5.41) is 3.23. The molecule has 0 radical (unpaired) electrons. The van der Waals surface area contributed by atoms with Crippen LogP contribution in [0.1, 0.15) is 59.8 Å². The molecule has 1 aliphatic carbocycles. The molecule has 188 valence electrons. The SMILES string of the molecule is COc1ccc([C@H](C(=O)NC2CCCCC2)N(Cc2cccc(OC)c2)C(=O)c2ccccn2)cc1. The number of nitrogens with one attached hydrogen (secondary N) is 1. The van der Waals surface area contributed by atoms with Crippen LogP contribution in [0, 0.1) is 0 Å². The third-order valence-electron chi connectivity index (χ3n) is 6.58. The molecule has 0 saturated heterocycles. The number of nitrogens with zero attached hydrogens (tertiary/aromatic N) is 2. The maximum absolute atomic E-state index is 13.9. The summed E-state index contributed by atoms with van der Waals surface area (Å²) in [6.07, 6.45) is 6.86. The Labute approximate surface area is 212 Å². The molecular weight excluding hydrogens is 454 g/mol. The fourth-order valence-corrected chi connectivity index (χ4v) is 4.67. The molecule has 1 atom stereocenters. The van der Waals surface area contributed by atoms with Crippen LogP contribution in [0.2, 0.25) is 0 Å². The number of methoxy groups -OCH3 is 2. The molecule has 1 aliphatic rings. The average Bonchev–Trinajstić information content (AvgIpc) is 2.94. The molecule has 7 nitrogen and oxygen atoms in total. The van der Waals surface area contributed by atoms with E-state index in [4.69, 9.17) is 9.47 Å². The lowest BCUT2D eigenvalue weighted by Crippen LogP contribution is -2.47. The van der Waals surface area contributed by atoms with Crippen LogP contribution in [-0.2, 0) is 11.3 Å². The van der Waals surface area contributed by atoms with Crippen molar-refractivity contribution in [2.75, 3.05) is 14.2 Å². The predicted octanol–water partition coefficient (Wildman–Crippen LogP) is 4.93. The number of pyridine rings is 1. The van der Waals surface area contributed by atoms with Gasteiger partial charge in [0.1, 0.15) is 23.2 Å². The van der Waals surface area contributed by atoms with E-state index in [1.807, 2.05) is 48.5 Å². The Balaban J connectivity index is 1.75. The smallest absolute Gasteiger partial charge is 0.273 e. The summed E-state index contributed by atoms with van der Waals surface area (Å²) in [6, 6.07) is 19.3. The van der Waals surface area contributed by atoms with Crippen molar-refractivity contribution in [3.8, 4) is 11.5 Å². The Morgan fingerprint density at radius 2 is 1.69 bits per heavy atom. The van der Waals surface area contributed by atoms with Gasteiger partial charge >= 0.3 is 0 Å². The van der Waals surface area contributed by atoms with Gasteiger partial charge in [-0.1, -0.05) is 49.6 Å². The molecule has 7 heteroatoms. The van der Waals surface area contributed by atoms with Crippen LogP contribution in [0.15, 0.2) is 72.9 Å². The lowest BCUT2D eigenvalue weighted by Gasteiger charge is -2.33. The first-order valence-corrected chi connectivity index (χ1v) is 12.4. The zero-order valence-corrected chi connectivity index (χ0v) is 20.9. The van der Waals surface area contributed by atoms with Crippen LogP contribution in [-0.4, -0.2) is 42.0 Å². The van der Waals surface area contributed by atoms with E-state index >= 15 is 0 Å². The van der Waals surface area contributed by atoms with Crippen molar-refractivity contribution in [2.24, 2.45) is 0 Å². The number of benzene rings is 2. The molecule has 0 aliphatic heterocycles. The van der Waals surface area contributed by atoms with Gasteiger partial charge in [-0.2, -0.15) is 0 Å². The van der Waals surface area contributed by atoms with Crippen molar-refractivity contribution in [3.05, 3.63) is 89.7 Å². The number of carbonyl (C=O) groups excluding carboxylic acids is 2. The lowest BCUT2D eigenvalue weighted by atomic mass is 9.94. The highest BCUT2D eigenvalue weighted by atomic mass is 16.5. The molecule has 0 bridgehead atoms. The molecule has 0 unspecified atom stereocenters. The van der Waals surface area contributed by atoms with Crippen LogP contribution in [0.25, 0.3) is 0 Å². The number of rotatable bonds is 9. The molecule has 2 amide bonds. The zero-order chi connectivity index (χ0) is 25.3. The van der Waals surface area contributed by atoms with Gasteiger partial charge in [-0.3, -0.25) is 14.6 Å². The van der Waals surface area contributed by atoms with Crippen LogP contribution < -0.4 is 14.8 Å². The highest BCUT2D eigenvalue weighted by molar-refractivity contribution is 5.96. The summed E-state index contributed by atoms with van der Waals surface area (Å²) < 4.78 is 10.7. The topological polar surface area (TPSA) is 80.8 Å². The van der Waals surface area contributed by atoms with E-state index < -0.39 is 6.04 Å². The monoisotopic (exact) mass is 487 g/mol. The van der Waals surface area contributed by atoms with E-state index in [2.05, 4.69) is 10.3 Å². The second kappa shape index (κ2) is 12.2. The first-order chi connectivity index (χ1) is 17.6. The van der Waals surface area contributed by atoms with Crippen molar-refractivity contribution in [3.63, 3.8) is 0 Å². The zero-order valence-electron chi connectivity index (χ0n) is 20.9. The van der Waals surface area contributed by atoms with Gasteiger partial charge in [-0.25, -0.2) is 0 Å². The summed E-state index contributed by atoms with van der Waals surface area (Å²) in [4.78, 5) is 33.6. The third kappa shape index (κ3) is 6.22. The van der Waals surface area contributed by atoms with Crippen molar-refractivity contribution in [1.82, 2.24) is 15.2 Å². The minimum atomic E-state index is -0.849. The number of hydrogen-bond acceptors (Lipinski definition) is 5. The summed E-state index contributed by atoms with van der Waals surface area (Å²) in [7, 11) is 3.20. The van der Waals surface area contributed by atoms with Gasteiger partial charge in [-0.15, -0.1) is 0 Å². The molecule has 2 aromatic carbocycles. The molecule has 36 heavy (non-hydrogen) atoms. The maximum atomic E-state index is 13.9. The number of hydrogen-bond donors (Lipinski definition) is 1. The number of aromatic nitrogens is 1. The Hall–Kier alpha value is -3.87. The summed E-state index contributed by atoms with van der Waals surface area (Å²) in [5.41, 5.74) is 1.84. The molecule has 1 fully saturated rings. The largest absolute Gasteiger partial charge is 0.497 e. The molecule has 1 saturated carbocycles. The predicted molar refractivity (Wildman–Crippen MR) is 138 cm³/mol. The second-order valence-corrected chi connectivity index (χ2v) is 9.02. The van der Waals surface area contributed by atoms with Crippen molar-refractivity contribution < 1.29 is 19.1 Å². The van der Waals surface area contributed by atoms with Gasteiger partial charge in [0.15, 0.2) is 0 Å². The van der Waals surface area contributed by atoms with Gasteiger partial charge in [0.25, 0.3) is 5.91 Å². The Morgan fingerprint density at radius 1 is 0.944 bits per heavy atom. The van der Waals surface area contributed by atoms with Crippen LogP contribution in [0.5, 0.6) is 11.5 Å². The molecule has 4 rings (SSSR count). The maximum Gasteiger partial charge on any atom is 0.273 e. The number of carbonyl (C=O) groups is 2. The quantitative estimate of drug-likeness (QED) is 0.463. The number of amides is 2. The molecule has 1 aromatic heterocycles. The Bertz CT molecular complexity index is 1140. The lowest BCUT2D eigenvalue weighted by molar-refractivity contribution is -0.127. The van der Waals surface area contributed by atoms with E-state index in [0.29, 0.717) is 17.1 Å². The van der Waals surface area contributed by atoms with E-state index in [9.17, 15) is 9.59 Å². The van der Waals surface area contributed by atoms with Gasteiger partial charge in [0.2, 0.25) is 5.91 Å². The highest BCUT2D eigenvalue weighted by Crippen LogP contribution is 2.29. The second-order valence-electron chi connectivity index (χ2n) is 9.02. The van der Waals surface area contributed by atoms with E-state index in [-0.39, 0.29) is 30.1 Å². The van der Waals surface area contributed by atoms with E-state index in [0.717, 1.165) is 31.2 Å². The van der Waals surface area contributed by atoms with Crippen molar-refractivity contribution in [2.45, 2.75) is 50.7 Å².